The molecule has 0 aliphatic heterocycles. The molecule has 0 saturated heterocycles. The lowest BCUT2D eigenvalue weighted by atomic mass is 10.2. The van der Waals surface area contributed by atoms with Gasteiger partial charge in [0.1, 0.15) is 6.04 Å². The summed E-state index contributed by atoms with van der Waals surface area (Å²) in [6.45, 7) is 7.92. The first-order chi connectivity index (χ1) is 8.40. The Hall–Kier alpha value is -1.78. The predicted molar refractivity (Wildman–Crippen MR) is 68.9 cm³/mol. The van der Waals surface area contributed by atoms with Crippen molar-refractivity contribution in [2.24, 2.45) is 0 Å². The smallest absolute Gasteiger partial charge is 0.337 e. The minimum absolute atomic E-state index is 0.0874. The van der Waals surface area contributed by atoms with Crippen LogP contribution in [0.2, 0.25) is 0 Å². The Balaban J connectivity index is 3.02. The Morgan fingerprint density at radius 2 is 2.06 bits per heavy atom. The van der Waals surface area contributed by atoms with Crippen LogP contribution in [-0.2, 0) is 4.79 Å². The molecule has 0 aliphatic carbocycles. The summed E-state index contributed by atoms with van der Waals surface area (Å²) in [6, 6.07) is 1.20. The van der Waals surface area contributed by atoms with Gasteiger partial charge in [-0.1, -0.05) is 6.92 Å². The third-order valence-electron chi connectivity index (χ3n) is 3.03. The molecule has 0 aromatic carbocycles. The van der Waals surface area contributed by atoms with Gasteiger partial charge in [-0.25, -0.2) is 4.79 Å². The molecule has 0 aliphatic rings. The summed E-state index contributed by atoms with van der Waals surface area (Å²) >= 11 is 0. The van der Waals surface area contributed by atoms with E-state index >= 15 is 0 Å². The number of rotatable bonds is 5. The summed E-state index contributed by atoms with van der Waals surface area (Å²) in [7, 11) is 0. The monoisotopic (exact) mass is 252 g/mol. The largest absolute Gasteiger partial charge is 0.478 e. The molecule has 18 heavy (non-hydrogen) atoms. The number of nitrogens with one attached hydrogen (secondary N) is 1. The second-order valence-corrected chi connectivity index (χ2v) is 4.43. The van der Waals surface area contributed by atoms with Crippen LogP contribution < -0.4 is 5.32 Å². The SMILES string of the molecule is CCCNC(=O)C(C)n1c(C)cc(C(=O)O)c1C. The van der Waals surface area contributed by atoms with Crippen molar-refractivity contribution in [2.45, 2.75) is 40.2 Å². The normalized spacial score (nSPS) is 12.2. The summed E-state index contributed by atoms with van der Waals surface area (Å²) in [5.74, 6) is -1.05. The molecule has 0 fully saturated rings. The highest BCUT2D eigenvalue weighted by Gasteiger charge is 2.21. The number of carbonyl (C=O) groups excluding carboxylic acids is 1. The average molecular weight is 252 g/mol. The van der Waals surface area contributed by atoms with Crippen molar-refractivity contribution >= 4 is 11.9 Å². The van der Waals surface area contributed by atoms with Crippen LogP contribution in [0, 0.1) is 13.8 Å². The Kier molecular flexibility index (Phi) is 4.53. The third kappa shape index (κ3) is 2.72. The molecule has 2 N–H and O–H groups in total. The number of hydrogen-bond donors (Lipinski definition) is 2. The van der Waals surface area contributed by atoms with Crippen LogP contribution in [0.3, 0.4) is 0 Å². The van der Waals surface area contributed by atoms with Crippen LogP contribution in [0.1, 0.15) is 48.1 Å². The minimum Gasteiger partial charge on any atom is -0.478 e. The van der Waals surface area contributed by atoms with Crippen LogP contribution >= 0.6 is 0 Å². The number of aromatic nitrogens is 1. The number of amides is 1. The highest BCUT2D eigenvalue weighted by molar-refractivity contribution is 5.90. The molecule has 0 bridgehead atoms. The van der Waals surface area contributed by atoms with Gasteiger partial charge in [-0.3, -0.25) is 4.79 Å². The summed E-state index contributed by atoms with van der Waals surface area (Å²) < 4.78 is 1.76. The number of aryl methyl sites for hydroxylation is 1. The van der Waals surface area contributed by atoms with Gasteiger partial charge in [0.25, 0.3) is 0 Å². The van der Waals surface area contributed by atoms with Crippen molar-refractivity contribution < 1.29 is 14.7 Å². The fourth-order valence-electron chi connectivity index (χ4n) is 2.10. The standard InChI is InChI=1S/C13H20N2O3/c1-5-6-14-12(16)10(4)15-8(2)7-11(9(15)3)13(17)18/h7,10H,5-6H2,1-4H3,(H,14,16)(H,17,18). The molecule has 1 amide bonds. The maximum atomic E-state index is 11.9. The molecule has 0 spiro atoms. The molecule has 1 rings (SSSR count). The van der Waals surface area contributed by atoms with Crippen molar-refractivity contribution in [1.29, 1.82) is 0 Å². The van der Waals surface area contributed by atoms with Crippen molar-refractivity contribution in [3.63, 3.8) is 0 Å². The molecule has 1 aromatic rings. The van der Waals surface area contributed by atoms with Crippen LogP contribution in [0.5, 0.6) is 0 Å². The Labute approximate surface area is 107 Å². The molecule has 1 aromatic heterocycles. The van der Waals surface area contributed by atoms with Crippen molar-refractivity contribution in [2.75, 3.05) is 6.54 Å². The quantitative estimate of drug-likeness (QED) is 0.840. The topological polar surface area (TPSA) is 71.3 Å². The number of carboxylic acid groups (broad SMARTS) is 1. The zero-order valence-electron chi connectivity index (χ0n) is 11.3. The fourth-order valence-corrected chi connectivity index (χ4v) is 2.10. The average Bonchev–Trinajstić information content (AvgIpc) is 2.61. The second kappa shape index (κ2) is 5.71. The third-order valence-corrected chi connectivity index (χ3v) is 3.03. The van der Waals surface area contributed by atoms with Gasteiger partial charge in [0.15, 0.2) is 0 Å². The highest BCUT2D eigenvalue weighted by Crippen LogP contribution is 2.20. The summed E-state index contributed by atoms with van der Waals surface area (Å²) in [5.41, 5.74) is 1.64. The van der Waals surface area contributed by atoms with Crippen LogP contribution in [0.25, 0.3) is 0 Å². The molecule has 1 heterocycles. The lowest BCUT2D eigenvalue weighted by Gasteiger charge is -2.18. The number of aromatic carboxylic acids is 1. The van der Waals surface area contributed by atoms with Gasteiger partial charge in [0.05, 0.1) is 5.56 Å². The van der Waals surface area contributed by atoms with E-state index in [0.717, 1.165) is 12.1 Å². The van der Waals surface area contributed by atoms with E-state index in [9.17, 15) is 9.59 Å². The first-order valence-electron chi connectivity index (χ1n) is 6.09. The van der Waals surface area contributed by atoms with E-state index in [1.807, 2.05) is 13.8 Å². The van der Waals surface area contributed by atoms with Crippen LogP contribution in [0.15, 0.2) is 6.07 Å². The molecule has 0 saturated carbocycles. The number of carboxylic acids is 1. The number of hydrogen-bond acceptors (Lipinski definition) is 2. The Morgan fingerprint density at radius 1 is 1.44 bits per heavy atom. The summed E-state index contributed by atoms with van der Waals surface area (Å²) in [5, 5.41) is 11.9. The summed E-state index contributed by atoms with van der Waals surface area (Å²) in [6.07, 6.45) is 0.877. The maximum Gasteiger partial charge on any atom is 0.337 e. The van der Waals surface area contributed by atoms with Gasteiger partial charge >= 0.3 is 5.97 Å². The van der Waals surface area contributed by atoms with Gasteiger partial charge < -0.3 is 15.0 Å². The van der Waals surface area contributed by atoms with E-state index in [0.29, 0.717) is 12.2 Å². The Morgan fingerprint density at radius 3 is 2.50 bits per heavy atom. The molecular weight excluding hydrogens is 232 g/mol. The zero-order chi connectivity index (χ0) is 13.9. The predicted octanol–water partition coefficient (Wildman–Crippen LogP) is 1.89. The van der Waals surface area contributed by atoms with E-state index in [2.05, 4.69) is 5.32 Å². The van der Waals surface area contributed by atoms with Crippen molar-refractivity contribution in [3.8, 4) is 0 Å². The molecular formula is C13H20N2O3. The van der Waals surface area contributed by atoms with E-state index in [4.69, 9.17) is 5.11 Å². The second-order valence-electron chi connectivity index (χ2n) is 4.43. The van der Waals surface area contributed by atoms with Gasteiger partial charge in [0.2, 0.25) is 5.91 Å². The van der Waals surface area contributed by atoms with Gasteiger partial charge in [0, 0.05) is 17.9 Å². The van der Waals surface area contributed by atoms with Crippen molar-refractivity contribution in [1.82, 2.24) is 9.88 Å². The first-order valence-corrected chi connectivity index (χ1v) is 6.09. The lowest BCUT2D eigenvalue weighted by molar-refractivity contribution is -0.123. The Bertz CT molecular complexity index is 463. The molecule has 5 heteroatoms. The lowest BCUT2D eigenvalue weighted by Crippen LogP contribution is -2.32. The first kappa shape index (κ1) is 14.3. The molecule has 0 radical (unpaired) electrons. The van der Waals surface area contributed by atoms with E-state index in [-0.39, 0.29) is 11.5 Å². The van der Waals surface area contributed by atoms with Gasteiger partial charge in [-0.2, -0.15) is 0 Å². The van der Waals surface area contributed by atoms with Gasteiger partial charge in [-0.15, -0.1) is 0 Å². The fraction of sp³-hybridized carbons (Fsp3) is 0.538. The molecule has 100 valence electrons. The summed E-state index contributed by atoms with van der Waals surface area (Å²) in [4.78, 5) is 22.9. The van der Waals surface area contributed by atoms with E-state index in [1.54, 1.807) is 24.5 Å². The maximum absolute atomic E-state index is 11.9. The molecule has 1 unspecified atom stereocenters. The van der Waals surface area contributed by atoms with E-state index in [1.165, 1.54) is 0 Å². The molecule has 5 nitrogen and oxygen atoms in total. The van der Waals surface area contributed by atoms with Crippen molar-refractivity contribution in [3.05, 3.63) is 23.0 Å². The molecule has 1 atom stereocenters. The van der Waals surface area contributed by atoms with Gasteiger partial charge in [-0.05, 0) is 33.3 Å². The number of nitrogens with zero attached hydrogens (tertiary/aromatic N) is 1. The van der Waals surface area contributed by atoms with E-state index < -0.39 is 12.0 Å². The number of carbonyl (C=O) groups is 2. The van der Waals surface area contributed by atoms with Crippen LogP contribution in [-0.4, -0.2) is 28.1 Å². The minimum atomic E-state index is -0.962. The highest BCUT2D eigenvalue weighted by atomic mass is 16.4. The zero-order valence-corrected chi connectivity index (χ0v) is 11.3. The van der Waals surface area contributed by atoms with Crippen LogP contribution in [0.4, 0.5) is 0 Å².